The quantitative estimate of drug-likeness (QED) is 0.740. The molecule has 2 aromatic carbocycles. The molecule has 2 saturated heterocycles. The first kappa shape index (κ1) is 20.7. The highest BCUT2D eigenvalue weighted by Crippen LogP contribution is 2.45. The number of nitrogens with zero attached hydrogens (tertiary/aromatic N) is 1. The van der Waals surface area contributed by atoms with Crippen molar-refractivity contribution in [2.45, 2.75) is 62.6 Å². The molecule has 1 amide bonds. The predicted octanol–water partition coefficient (Wildman–Crippen LogP) is 5.25. The van der Waals surface area contributed by atoms with Gasteiger partial charge in [0.1, 0.15) is 6.61 Å². The van der Waals surface area contributed by atoms with Gasteiger partial charge in [-0.2, -0.15) is 13.2 Å². The molecule has 0 aromatic heterocycles. The van der Waals surface area contributed by atoms with E-state index in [1.807, 2.05) is 30.3 Å². The number of carbonyl (C=O) groups excluding carboxylic acids is 1. The molecule has 0 aliphatic carbocycles. The van der Waals surface area contributed by atoms with Gasteiger partial charge in [-0.1, -0.05) is 42.5 Å². The molecular weight excluding hydrogens is 395 g/mol. The zero-order valence-corrected chi connectivity index (χ0v) is 16.4. The number of benzene rings is 2. The largest absolute Gasteiger partial charge is 0.445 e. The zero-order chi connectivity index (χ0) is 21.4. The second-order valence-corrected chi connectivity index (χ2v) is 8.20. The molecule has 2 fully saturated rings. The molecule has 160 valence electrons. The molecule has 2 heterocycles. The molecule has 2 aliphatic rings. The molecule has 0 saturated carbocycles. The Hall–Kier alpha value is -2.54. The minimum Gasteiger partial charge on any atom is -0.445 e. The van der Waals surface area contributed by atoms with Gasteiger partial charge in [0.2, 0.25) is 0 Å². The molecule has 4 rings (SSSR count). The summed E-state index contributed by atoms with van der Waals surface area (Å²) in [6.45, 7) is 0.160. The van der Waals surface area contributed by atoms with Gasteiger partial charge < -0.3 is 14.7 Å². The average molecular weight is 419 g/mol. The summed E-state index contributed by atoms with van der Waals surface area (Å²) in [5, 5.41) is 11.3. The third kappa shape index (κ3) is 4.17. The van der Waals surface area contributed by atoms with Crippen LogP contribution in [0.1, 0.15) is 48.8 Å². The average Bonchev–Trinajstić information content (AvgIpc) is 2.72. The number of rotatable bonds is 3. The van der Waals surface area contributed by atoms with Gasteiger partial charge in [-0.05, 0) is 42.5 Å². The van der Waals surface area contributed by atoms with Crippen LogP contribution in [0, 0.1) is 0 Å². The van der Waals surface area contributed by atoms with E-state index in [0.717, 1.165) is 24.1 Å². The van der Waals surface area contributed by atoms with E-state index in [4.69, 9.17) is 4.74 Å². The molecule has 30 heavy (non-hydrogen) atoms. The smallest absolute Gasteiger partial charge is 0.416 e. The van der Waals surface area contributed by atoms with Crippen LogP contribution in [0.3, 0.4) is 0 Å². The maximum atomic E-state index is 13.1. The first-order valence-electron chi connectivity index (χ1n) is 10.2. The molecule has 0 spiro atoms. The van der Waals surface area contributed by atoms with Crippen molar-refractivity contribution < 1.29 is 27.8 Å². The number of halogens is 3. The lowest BCUT2D eigenvalue weighted by Gasteiger charge is -2.51. The second-order valence-electron chi connectivity index (χ2n) is 8.20. The fraction of sp³-hybridized carbons (Fsp3) is 0.435. The Balaban J connectivity index is 1.51. The van der Waals surface area contributed by atoms with Gasteiger partial charge in [0.05, 0.1) is 11.2 Å². The van der Waals surface area contributed by atoms with Crippen LogP contribution in [0.5, 0.6) is 0 Å². The van der Waals surface area contributed by atoms with E-state index in [0.29, 0.717) is 12.8 Å². The second kappa shape index (κ2) is 7.95. The summed E-state index contributed by atoms with van der Waals surface area (Å²) in [6, 6.07) is 13.7. The van der Waals surface area contributed by atoms with E-state index in [1.54, 1.807) is 4.90 Å². The van der Waals surface area contributed by atoms with Gasteiger partial charge in [-0.3, -0.25) is 0 Å². The van der Waals surface area contributed by atoms with Gasteiger partial charge in [0.25, 0.3) is 0 Å². The minimum absolute atomic E-state index is 0.160. The van der Waals surface area contributed by atoms with E-state index >= 15 is 0 Å². The molecular formula is C23H24F3NO3. The van der Waals surface area contributed by atoms with E-state index in [-0.39, 0.29) is 37.1 Å². The number of piperidine rings is 2. The SMILES string of the molecule is O=C(OCc1ccccc1)N1C2CCCC1CC(O)(c1cccc(C(F)(F)F)c1)C2. The van der Waals surface area contributed by atoms with Crippen molar-refractivity contribution >= 4 is 6.09 Å². The Kier molecular flexibility index (Phi) is 5.49. The molecule has 7 heteroatoms. The summed E-state index contributed by atoms with van der Waals surface area (Å²) >= 11 is 0. The number of amides is 1. The van der Waals surface area contributed by atoms with Crippen LogP contribution in [0.2, 0.25) is 0 Å². The molecule has 2 aliphatic heterocycles. The van der Waals surface area contributed by atoms with Crippen LogP contribution >= 0.6 is 0 Å². The number of alkyl halides is 3. The Morgan fingerprint density at radius 3 is 2.37 bits per heavy atom. The standard InChI is InChI=1S/C23H24F3NO3/c24-23(25,26)18-9-4-8-17(12-18)22(29)13-19-10-5-11-20(14-22)27(19)21(28)30-15-16-6-2-1-3-7-16/h1-4,6-9,12,19-20,29H,5,10-11,13-15H2. The van der Waals surface area contributed by atoms with Crippen LogP contribution in [0.4, 0.5) is 18.0 Å². The van der Waals surface area contributed by atoms with Crippen LogP contribution < -0.4 is 0 Å². The maximum Gasteiger partial charge on any atom is 0.416 e. The summed E-state index contributed by atoms with van der Waals surface area (Å²) < 4.78 is 44.9. The lowest BCUT2D eigenvalue weighted by Crippen LogP contribution is -2.58. The Morgan fingerprint density at radius 2 is 1.73 bits per heavy atom. The topological polar surface area (TPSA) is 49.8 Å². The van der Waals surface area contributed by atoms with Crippen molar-refractivity contribution in [2.75, 3.05) is 0 Å². The normalized spacial score (nSPS) is 26.3. The van der Waals surface area contributed by atoms with Crippen molar-refractivity contribution in [1.82, 2.24) is 4.90 Å². The highest BCUT2D eigenvalue weighted by atomic mass is 19.4. The first-order valence-corrected chi connectivity index (χ1v) is 10.2. The number of aliphatic hydroxyl groups is 1. The monoisotopic (exact) mass is 419 g/mol. The molecule has 2 aromatic rings. The number of fused-ring (bicyclic) bond motifs is 2. The Bertz CT molecular complexity index is 886. The number of carbonyl (C=O) groups is 1. The van der Waals surface area contributed by atoms with Crippen molar-refractivity contribution in [3.8, 4) is 0 Å². The van der Waals surface area contributed by atoms with Gasteiger partial charge in [0, 0.05) is 24.9 Å². The highest BCUT2D eigenvalue weighted by molar-refractivity contribution is 5.69. The molecule has 2 atom stereocenters. The Morgan fingerprint density at radius 1 is 1.07 bits per heavy atom. The van der Waals surface area contributed by atoms with Crippen LogP contribution in [-0.4, -0.2) is 28.2 Å². The molecule has 2 unspecified atom stereocenters. The number of ether oxygens (including phenoxy) is 1. The maximum absolute atomic E-state index is 13.1. The molecule has 1 N–H and O–H groups in total. The summed E-state index contributed by atoms with van der Waals surface area (Å²) in [5.74, 6) is 0. The van der Waals surface area contributed by atoms with Crippen LogP contribution in [0.25, 0.3) is 0 Å². The summed E-state index contributed by atoms with van der Waals surface area (Å²) in [6.07, 6.45) is -2.20. The highest BCUT2D eigenvalue weighted by Gasteiger charge is 2.49. The van der Waals surface area contributed by atoms with Crippen molar-refractivity contribution in [3.63, 3.8) is 0 Å². The summed E-state index contributed by atoms with van der Waals surface area (Å²) in [7, 11) is 0. The van der Waals surface area contributed by atoms with E-state index in [1.165, 1.54) is 12.1 Å². The van der Waals surface area contributed by atoms with E-state index < -0.39 is 23.4 Å². The summed E-state index contributed by atoms with van der Waals surface area (Å²) in [4.78, 5) is 14.5. The minimum atomic E-state index is -4.47. The van der Waals surface area contributed by atoms with Crippen molar-refractivity contribution in [1.29, 1.82) is 0 Å². The van der Waals surface area contributed by atoms with E-state index in [9.17, 15) is 23.1 Å². The molecule has 0 radical (unpaired) electrons. The molecule has 2 bridgehead atoms. The van der Waals surface area contributed by atoms with Crippen LogP contribution in [0.15, 0.2) is 54.6 Å². The van der Waals surface area contributed by atoms with E-state index in [2.05, 4.69) is 0 Å². The third-order valence-electron chi connectivity index (χ3n) is 6.15. The third-order valence-corrected chi connectivity index (χ3v) is 6.15. The van der Waals surface area contributed by atoms with Gasteiger partial charge in [0.15, 0.2) is 0 Å². The molecule has 4 nitrogen and oxygen atoms in total. The fourth-order valence-electron chi connectivity index (χ4n) is 4.74. The predicted molar refractivity (Wildman–Crippen MR) is 104 cm³/mol. The Labute approximate surface area is 173 Å². The van der Waals surface area contributed by atoms with Gasteiger partial charge >= 0.3 is 12.3 Å². The van der Waals surface area contributed by atoms with Gasteiger partial charge in [-0.25, -0.2) is 4.79 Å². The van der Waals surface area contributed by atoms with Crippen LogP contribution in [-0.2, 0) is 23.1 Å². The summed E-state index contributed by atoms with van der Waals surface area (Å²) in [5.41, 5.74) is -1.03. The zero-order valence-electron chi connectivity index (χ0n) is 16.4. The van der Waals surface area contributed by atoms with Gasteiger partial charge in [-0.15, -0.1) is 0 Å². The number of hydrogen-bond donors (Lipinski definition) is 1. The van der Waals surface area contributed by atoms with Crippen molar-refractivity contribution in [3.05, 3.63) is 71.3 Å². The fourth-order valence-corrected chi connectivity index (χ4v) is 4.74. The number of hydrogen-bond acceptors (Lipinski definition) is 3. The lowest BCUT2D eigenvalue weighted by atomic mass is 9.72. The lowest BCUT2D eigenvalue weighted by molar-refractivity contribution is -0.138. The van der Waals surface area contributed by atoms with Crippen molar-refractivity contribution in [2.24, 2.45) is 0 Å². The first-order chi connectivity index (χ1) is 14.3.